The molecule has 0 bridgehead atoms. The predicted molar refractivity (Wildman–Crippen MR) is 78.4 cm³/mol. The van der Waals surface area contributed by atoms with Crippen LogP contribution in [0, 0.1) is 5.41 Å². The molecule has 1 aliphatic carbocycles. The van der Waals surface area contributed by atoms with E-state index in [1.54, 1.807) is 18.7 Å². The van der Waals surface area contributed by atoms with E-state index in [0.29, 0.717) is 19.1 Å². The molecule has 0 atom stereocenters. The van der Waals surface area contributed by atoms with Crippen molar-refractivity contribution in [2.75, 3.05) is 0 Å². The first-order valence-corrected chi connectivity index (χ1v) is 7.36. The van der Waals surface area contributed by atoms with Crippen LogP contribution >= 0.6 is 0 Å². The lowest BCUT2D eigenvalue weighted by Crippen LogP contribution is -2.34. The van der Waals surface area contributed by atoms with Gasteiger partial charge in [-0.2, -0.15) is 0 Å². The van der Waals surface area contributed by atoms with Gasteiger partial charge >= 0.3 is 0 Å². The minimum atomic E-state index is -0.254. The summed E-state index contributed by atoms with van der Waals surface area (Å²) in [6.45, 7) is 5.40. The van der Waals surface area contributed by atoms with Gasteiger partial charge in [0.2, 0.25) is 5.91 Å². The number of nitrogens with one attached hydrogen (secondary N) is 1. The van der Waals surface area contributed by atoms with Crippen molar-refractivity contribution in [2.24, 2.45) is 5.41 Å². The second kappa shape index (κ2) is 5.35. The van der Waals surface area contributed by atoms with E-state index in [2.05, 4.69) is 33.7 Å². The van der Waals surface area contributed by atoms with Crippen LogP contribution in [-0.4, -0.2) is 25.0 Å². The Kier molecular flexibility index (Phi) is 3.53. The smallest absolute Gasteiger partial charge is 0.228 e. The van der Waals surface area contributed by atoms with Crippen LogP contribution in [0.25, 0.3) is 0 Å². The van der Waals surface area contributed by atoms with Crippen molar-refractivity contribution in [3.05, 3.63) is 36.9 Å². The van der Waals surface area contributed by atoms with Gasteiger partial charge in [-0.1, -0.05) is 0 Å². The standard InChI is InChI=1S/C15H21N5O/c1-12(2)20-8-6-17-13(20)9-18-14(21)15(3-4-15)10-19-7-5-16-11-19/h5-8,11-12H,3-4,9-10H2,1-2H3,(H,18,21). The average molecular weight is 287 g/mol. The molecule has 0 spiro atoms. The van der Waals surface area contributed by atoms with Gasteiger partial charge in [0.05, 0.1) is 18.3 Å². The zero-order valence-corrected chi connectivity index (χ0v) is 12.5. The molecule has 0 saturated heterocycles. The highest BCUT2D eigenvalue weighted by Crippen LogP contribution is 2.47. The van der Waals surface area contributed by atoms with E-state index < -0.39 is 0 Å². The molecule has 2 heterocycles. The van der Waals surface area contributed by atoms with Gasteiger partial charge in [-0.3, -0.25) is 4.79 Å². The Morgan fingerprint density at radius 2 is 2.19 bits per heavy atom. The number of carbonyl (C=O) groups is 1. The van der Waals surface area contributed by atoms with E-state index in [-0.39, 0.29) is 11.3 Å². The molecule has 0 aliphatic heterocycles. The number of carbonyl (C=O) groups excluding carboxylic acids is 1. The summed E-state index contributed by atoms with van der Waals surface area (Å²) in [6, 6.07) is 0.347. The maximum Gasteiger partial charge on any atom is 0.228 e. The molecule has 6 heteroatoms. The molecule has 2 aromatic heterocycles. The summed E-state index contributed by atoms with van der Waals surface area (Å²) in [5.41, 5.74) is -0.254. The third-order valence-corrected chi connectivity index (χ3v) is 4.09. The van der Waals surface area contributed by atoms with Crippen molar-refractivity contribution >= 4 is 5.91 Å². The molecule has 1 saturated carbocycles. The van der Waals surface area contributed by atoms with Crippen molar-refractivity contribution in [3.8, 4) is 0 Å². The zero-order chi connectivity index (χ0) is 14.9. The van der Waals surface area contributed by atoms with Crippen LogP contribution in [0.1, 0.15) is 38.6 Å². The van der Waals surface area contributed by atoms with Gasteiger partial charge in [0.25, 0.3) is 0 Å². The number of hydrogen-bond donors (Lipinski definition) is 1. The maximum absolute atomic E-state index is 12.4. The van der Waals surface area contributed by atoms with Gasteiger partial charge in [0.15, 0.2) is 0 Å². The lowest BCUT2D eigenvalue weighted by atomic mass is 10.1. The second-order valence-electron chi connectivity index (χ2n) is 6.04. The summed E-state index contributed by atoms with van der Waals surface area (Å²) in [5.74, 6) is 1.02. The summed E-state index contributed by atoms with van der Waals surface area (Å²) in [4.78, 5) is 20.8. The normalized spacial score (nSPS) is 16.1. The minimum absolute atomic E-state index is 0.120. The van der Waals surface area contributed by atoms with Crippen LogP contribution in [0.5, 0.6) is 0 Å². The van der Waals surface area contributed by atoms with Gasteiger partial charge < -0.3 is 14.5 Å². The number of hydrogen-bond acceptors (Lipinski definition) is 3. The summed E-state index contributed by atoms with van der Waals surface area (Å²) >= 11 is 0. The van der Waals surface area contributed by atoms with Crippen molar-refractivity contribution in [3.63, 3.8) is 0 Å². The lowest BCUT2D eigenvalue weighted by molar-refractivity contribution is -0.127. The fourth-order valence-electron chi connectivity index (χ4n) is 2.64. The molecule has 1 fully saturated rings. The molecule has 0 radical (unpaired) electrons. The molecule has 2 aromatic rings. The second-order valence-corrected chi connectivity index (χ2v) is 6.04. The molecule has 1 aliphatic rings. The van der Waals surface area contributed by atoms with E-state index in [0.717, 1.165) is 18.7 Å². The van der Waals surface area contributed by atoms with Gasteiger partial charge in [0, 0.05) is 37.4 Å². The topological polar surface area (TPSA) is 64.7 Å². The first-order chi connectivity index (χ1) is 10.1. The van der Waals surface area contributed by atoms with Gasteiger partial charge in [0.1, 0.15) is 5.82 Å². The monoisotopic (exact) mass is 287 g/mol. The molecule has 1 amide bonds. The van der Waals surface area contributed by atoms with E-state index >= 15 is 0 Å². The molecule has 3 rings (SSSR count). The van der Waals surface area contributed by atoms with Gasteiger partial charge in [-0.25, -0.2) is 9.97 Å². The van der Waals surface area contributed by atoms with Crippen molar-refractivity contribution in [1.29, 1.82) is 0 Å². The Labute approximate surface area is 124 Å². The van der Waals surface area contributed by atoms with E-state index in [1.165, 1.54) is 0 Å². The van der Waals surface area contributed by atoms with Crippen LogP contribution < -0.4 is 5.32 Å². The summed E-state index contributed by atoms with van der Waals surface area (Å²) < 4.78 is 4.05. The van der Waals surface area contributed by atoms with E-state index in [9.17, 15) is 4.79 Å². The highest BCUT2D eigenvalue weighted by atomic mass is 16.2. The number of amides is 1. The number of nitrogens with zero attached hydrogens (tertiary/aromatic N) is 4. The minimum Gasteiger partial charge on any atom is -0.348 e. The molecular weight excluding hydrogens is 266 g/mol. The highest BCUT2D eigenvalue weighted by Gasteiger charge is 2.49. The number of rotatable bonds is 6. The zero-order valence-electron chi connectivity index (χ0n) is 12.5. The van der Waals surface area contributed by atoms with E-state index in [4.69, 9.17) is 0 Å². The number of imidazole rings is 2. The molecule has 0 aromatic carbocycles. The predicted octanol–water partition coefficient (Wildman–Crippen LogP) is 1.76. The van der Waals surface area contributed by atoms with Crippen LogP contribution in [0.15, 0.2) is 31.1 Å². The Morgan fingerprint density at radius 1 is 1.38 bits per heavy atom. The van der Waals surface area contributed by atoms with E-state index in [1.807, 2.05) is 17.0 Å². The third kappa shape index (κ3) is 2.84. The molecule has 112 valence electrons. The van der Waals surface area contributed by atoms with Crippen LogP contribution in [0.3, 0.4) is 0 Å². The van der Waals surface area contributed by atoms with Crippen LogP contribution in [0.4, 0.5) is 0 Å². The first kappa shape index (κ1) is 13.9. The Morgan fingerprint density at radius 3 is 2.81 bits per heavy atom. The van der Waals surface area contributed by atoms with Crippen molar-refractivity contribution < 1.29 is 4.79 Å². The van der Waals surface area contributed by atoms with Crippen molar-refractivity contribution in [2.45, 2.75) is 45.8 Å². The van der Waals surface area contributed by atoms with Crippen LogP contribution in [0.2, 0.25) is 0 Å². The fourth-order valence-corrected chi connectivity index (χ4v) is 2.64. The molecular formula is C15H21N5O. The largest absolute Gasteiger partial charge is 0.348 e. The van der Waals surface area contributed by atoms with Crippen molar-refractivity contribution in [1.82, 2.24) is 24.4 Å². The molecule has 0 unspecified atom stereocenters. The molecule has 6 nitrogen and oxygen atoms in total. The Bertz CT molecular complexity index is 610. The molecule has 21 heavy (non-hydrogen) atoms. The Balaban J connectivity index is 1.60. The third-order valence-electron chi connectivity index (χ3n) is 4.09. The summed E-state index contributed by atoms with van der Waals surface area (Å²) in [5, 5.41) is 3.04. The summed E-state index contributed by atoms with van der Waals surface area (Å²) in [6.07, 6.45) is 11.0. The fraction of sp³-hybridized carbons (Fsp3) is 0.533. The van der Waals surface area contributed by atoms with Crippen LogP contribution in [-0.2, 0) is 17.9 Å². The maximum atomic E-state index is 12.4. The van der Waals surface area contributed by atoms with Gasteiger partial charge in [-0.15, -0.1) is 0 Å². The summed E-state index contributed by atoms with van der Waals surface area (Å²) in [7, 11) is 0. The average Bonchev–Trinajstić information content (AvgIpc) is 2.90. The molecule has 1 N–H and O–H groups in total. The lowest BCUT2D eigenvalue weighted by Gasteiger charge is -2.17. The quantitative estimate of drug-likeness (QED) is 0.880. The van der Waals surface area contributed by atoms with Gasteiger partial charge in [-0.05, 0) is 26.7 Å². The highest BCUT2D eigenvalue weighted by molar-refractivity contribution is 5.85. The SMILES string of the molecule is CC(C)n1ccnc1CNC(=O)C1(Cn2ccnc2)CC1. The number of aromatic nitrogens is 4. The Hall–Kier alpha value is -2.11. The first-order valence-electron chi connectivity index (χ1n) is 7.36.